The number of phenols is 1. The van der Waals surface area contributed by atoms with E-state index in [-0.39, 0.29) is 23.3 Å². The summed E-state index contributed by atoms with van der Waals surface area (Å²) in [4.78, 5) is 0. The molecule has 0 aromatic heterocycles. The maximum absolute atomic E-state index is 11.4. The van der Waals surface area contributed by atoms with Crippen LogP contribution in [0.4, 0.5) is 5.69 Å². The second-order valence-electron chi connectivity index (χ2n) is 4.25. The molecule has 0 bridgehead atoms. The Kier molecular flexibility index (Phi) is 4.40. The number of aryl methyl sites for hydroxylation is 1. The van der Waals surface area contributed by atoms with Gasteiger partial charge >= 0.3 is 0 Å². The van der Waals surface area contributed by atoms with Gasteiger partial charge in [-0.1, -0.05) is 13.0 Å². The standard InChI is InChI=1S/C12H19NO3S/c1-4-17(15,16)8-10(3)13-11-6-5-9(2)12(14)7-11/h5-7,10,13-14H,4,8H2,1-3H3. The van der Waals surface area contributed by atoms with Crippen LogP contribution in [0.25, 0.3) is 0 Å². The normalized spacial score (nSPS) is 13.4. The van der Waals surface area contributed by atoms with Crippen LogP contribution in [0.1, 0.15) is 19.4 Å². The number of benzene rings is 1. The molecule has 0 aliphatic heterocycles. The minimum Gasteiger partial charge on any atom is -0.508 e. The molecule has 4 nitrogen and oxygen atoms in total. The number of hydrogen-bond donors (Lipinski definition) is 2. The van der Waals surface area contributed by atoms with E-state index >= 15 is 0 Å². The Balaban J connectivity index is 2.68. The summed E-state index contributed by atoms with van der Waals surface area (Å²) in [5.74, 6) is 0.455. The second-order valence-corrected chi connectivity index (χ2v) is 6.64. The third kappa shape index (κ3) is 4.26. The van der Waals surface area contributed by atoms with Crippen molar-refractivity contribution < 1.29 is 13.5 Å². The third-order valence-electron chi connectivity index (χ3n) is 2.57. The van der Waals surface area contributed by atoms with Gasteiger partial charge in [-0.05, 0) is 25.5 Å². The van der Waals surface area contributed by atoms with Crippen molar-refractivity contribution in [3.8, 4) is 5.75 Å². The topological polar surface area (TPSA) is 66.4 Å². The minimum atomic E-state index is -2.98. The molecule has 0 aliphatic carbocycles. The summed E-state index contributed by atoms with van der Waals surface area (Å²) in [6, 6.07) is 5.04. The van der Waals surface area contributed by atoms with Crippen LogP contribution in [0.5, 0.6) is 5.75 Å². The largest absolute Gasteiger partial charge is 0.508 e. The predicted molar refractivity (Wildman–Crippen MR) is 70.3 cm³/mol. The molecule has 0 fully saturated rings. The average molecular weight is 257 g/mol. The van der Waals surface area contributed by atoms with Gasteiger partial charge in [0.25, 0.3) is 0 Å². The Morgan fingerprint density at radius 3 is 2.59 bits per heavy atom. The molecule has 17 heavy (non-hydrogen) atoms. The molecule has 1 rings (SSSR count). The van der Waals surface area contributed by atoms with Crippen LogP contribution < -0.4 is 5.32 Å². The van der Waals surface area contributed by atoms with Crippen molar-refractivity contribution in [2.45, 2.75) is 26.8 Å². The summed E-state index contributed by atoms with van der Waals surface area (Å²) >= 11 is 0. The Bertz CT molecular complexity index is 483. The molecule has 0 spiro atoms. The van der Waals surface area contributed by atoms with Crippen molar-refractivity contribution in [1.29, 1.82) is 0 Å². The molecule has 1 aromatic carbocycles. The number of aromatic hydroxyl groups is 1. The van der Waals surface area contributed by atoms with E-state index in [0.717, 1.165) is 11.3 Å². The number of nitrogens with one attached hydrogen (secondary N) is 1. The first-order chi connectivity index (χ1) is 7.84. The summed E-state index contributed by atoms with van der Waals surface area (Å²) in [6.45, 7) is 5.26. The lowest BCUT2D eigenvalue weighted by Gasteiger charge is -2.15. The molecule has 5 heteroatoms. The molecular formula is C12H19NO3S. The molecular weight excluding hydrogens is 238 g/mol. The SMILES string of the molecule is CCS(=O)(=O)CC(C)Nc1ccc(C)c(O)c1. The highest BCUT2D eigenvalue weighted by atomic mass is 32.2. The molecule has 0 radical (unpaired) electrons. The van der Waals surface area contributed by atoms with Crippen LogP contribution in [-0.4, -0.2) is 31.1 Å². The predicted octanol–water partition coefficient (Wildman–Crippen LogP) is 1.94. The molecule has 96 valence electrons. The number of rotatable bonds is 5. The first-order valence-corrected chi connectivity index (χ1v) is 7.43. The Morgan fingerprint density at radius 2 is 2.06 bits per heavy atom. The van der Waals surface area contributed by atoms with E-state index in [1.54, 1.807) is 19.1 Å². The lowest BCUT2D eigenvalue weighted by molar-refractivity contribution is 0.471. The van der Waals surface area contributed by atoms with Gasteiger partial charge in [-0.15, -0.1) is 0 Å². The van der Waals surface area contributed by atoms with Crippen molar-refractivity contribution in [3.63, 3.8) is 0 Å². The van der Waals surface area contributed by atoms with Gasteiger partial charge in [-0.2, -0.15) is 0 Å². The fraction of sp³-hybridized carbons (Fsp3) is 0.500. The first-order valence-electron chi connectivity index (χ1n) is 5.60. The van der Waals surface area contributed by atoms with Gasteiger partial charge in [0.1, 0.15) is 5.75 Å². The molecule has 0 aliphatic rings. The number of hydrogen-bond acceptors (Lipinski definition) is 4. The van der Waals surface area contributed by atoms with Gasteiger partial charge in [0.05, 0.1) is 5.75 Å². The molecule has 0 saturated heterocycles. The van der Waals surface area contributed by atoms with Gasteiger partial charge in [0.15, 0.2) is 9.84 Å². The fourth-order valence-corrected chi connectivity index (χ4v) is 2.60. The van der Waals surface area contributed by atoms with Crippen LogP contribution in [-0.2, 0) is 9.84 Å². The van der Waals surface area contributed by atoms with E-state index in [1.165, 1.54) is 0 Å². The van der Waals surface area contributed by atoms with E-state index in [1.807, 2.05) is 19.9 Å². The lowest BCUT2D eigenvalue weighted by atomic mass is 10.2. The van der Waals surface area contributed by atoms with Crippen molar-refractivity contribution in [1.82, 2.24) is 0 Å². The smallest absolute Gasteiger partial charge is 0.152 e. The summed E-state index contributed by atoms with van der Waals surface area (Å²) in [7, 11) is -2.98. The van der Waals surface area contributed by atoms with Crippen molar-refractivity contribution in [2.75, 3.05) is 16.8 Å². The third-order valence-corrected chi connectivity index (χ3v) is 4.45. The minimum absolute atomic E-state index is 0.0954. The molecule has 1 aromatic rings. The van der Waals surface area contributed by atoms with Crippen LogP contribution in [0, 0.1) is 6.92 Å². The van der Waals surface area contributed by atoms with E-state index in [2.05, 4.69) is 5.32 Å². The van der Waals surface area contributed by atoms with Crippen LogP contribution >= 0.6 is 0 Å². The Morgan fingerprint density at radius 1 is 1.41 bits per heavy atom. The van der Waals surface area contributed by atoms with Crippen molar-refractivity contribution in [2.24, 2.45) is 0 Å². The second kappa shape index (κ2) is 5.40. The number of anilines is 1. The van der Waals surface area contributed by atoms with Crippen LogP contribution in [0.2, 0.25) is 0 Å². The summed E-state index contributed by atoms with van der Waals surface area (Å²) < 4.78 is 22.9. The number of phenolic OH excluding ortho intramolecular Hbond substituents is 1. The van der Waals surface area contributed by atoms with Crippen molar-refractivity contribution >= 4 is 15.5 Å². The van der Waals surface area contributed by atoms with Gasteiger partial charge in [-0.25, -0.2) is 8.42 Å². The summed E-state index contributed by atoms with van der Waals surface area (Å²) in [5, 5.41) is 12.6. The molecule has 1 atom stereocenters. The maximum Gasteiger partial charge on any atom is 0.152 e. The quantitative estimate of drug-likeness (QED) is 0.846. The van der Waals surface area contributed by atoms with E-state index in [9.17, 15) is 13.5 Å². The summed E-state index contributed by atoms with van der Waals surface area (Å²) in [5.41, 5.74) is 1.52. The monoisotopic (exact) mass is 257 g/mol. The van der Waals surface area contributed by atoms with E-state index < -0.39 is 9.84 Å². The molecule has 2 N–H and O–H groups in total. The lowest BCUT2D eigenvalue weighted by Crippen LogP contribution is -2.26. The first kappa shape index (κ1) is 13.8. The summed E-state index contributed by atoms with van der Waals surface area (Å²) in [6.07, 6.45) is 0. The van der Waals surface area contributed by atoms with Crippen LogP contribution in [0.15, 0.2) is 18.2 Å². The van der Waals surface area contributed by atoms with Gasteiger partial charge in [-0.3, -0.25) is 0 Å². The zero-order chi connectivity index (χ0) is 13.1. The van der Waals surface area contributed by atoms with Gasteiger partial charge in [0.2, 0.25) is 0 Å². The highest BCUT2D eigenvalue weighted by Crippen LogP contribution is 2.21. The van der Waals surface area contributed by atoms with E-state index in [0.29, 0.717) is 0 Å². The zero-order valence-electron chi connectivity index (χ0n) is 10.4. The Labute approximate surface area is 103 Å². The molecule has 0 amide bonds. The highest BCUT2D eigenvalue weighted by molar-refractivity contribution is 7.91. The van der Waals surface area contributed by atoms with Crippen LogP contribution in [0.3, 0.4) is 0 Å². The number of sulfone groups is 1. The Hall–Kier alpha value is -1.23. The molecule has 0 saturated carbocycles. The van der Waals surface area contributed by atoms with Gasteiger partial charge < -0.3 is 10.4 Å². The zero-order valence-corrected chi connectivity index (χ0v) is 11.2. The fourth-order valence-electron chi connectivity index (χ4n) is 1.52. The molecule has 1 unspecified atom stereocenters. The highest BCUT2D eigenvalue weighted by Gasteiger charge is 2.13. The van der Waals surface area contributed by atoms with E-state index in [4.69, 9.17) is 0 Å². The average Bonchev–Trinajstić information content (AvgIpc) is 2.23. The van der Waals surface area contributed by atoms with Gasteiger partial charge in [0, 0.05) is 23.5 Å². The molecule has 0 heterocycles. The van der Waals surface area contributed by atoms with Crippen molar-refractivity contribution in [3.05, 3.63) is 23.8 Å². The maximum atomic E-state index is 11.4.